The zero-order chi connectivity index (χ0) is 22.9. The summed E-state index contributed by atoms with van der Waals surface area (Å²) in [6.45, 7) is 7.26. The van der Waals surface area contributed by atoms with Crippen molar-refractivity contribution < 1.29 is 19.0 Å². The van der Waals surface area contributed by atoms with Gasteiger partial charge in [0, 0.05) is 61.4 Å². The van der Waals surface area contributed by atoms with Gasteiger partial charge in [-0.1, -0.05) is 6.07 Å². The van der Waals surface area contributed by atoms with Crippen LogP contribution in [0.4, 0.5) is 0 Å². The number of pyridine rings is 1. The summed E-state index contributed by atoms with van der Waals surface area (Å²) in [6, 6.07) is 11.1. The second-order valence-electron chi connectivity index (χ2n) is 8.55. The average Bonchev–Trinajstić information content (AvgIpc) is 3.30. The van der Waals surface area contributed by atoms with E-state index in [4.69, 9.17) is 14.2 Å². The summed E-state index contributed by atoms with van der Waals surface area (Å²) < 4.78 is 15.7. The van der Waals surface area contributed by atoms with Gasteiger partial charge in [0.25, 0.3) is 0 Å². The number of esters is 1. The van der Waals surface area contributed by atoms with Gasteiger partial charge in [-0.05, 0) is 42.8 Å². The number of carbonyl (C=O) groups excluding carboxylic acids is 1. The van der Waals surface area contributed by atoms with Gasteiger partial charge in [0.05, 0.1) is 12.7 Å². The lowest BCUT2D eigenvalue weighted by molar-refractivity contribution is 0.0601. The number of H-pyrrole nitrogens is 1. The smallest absolute Gasteiger partial charge is 0.337 e. The molecule has 8 nitrogen and oxygen atoms in total. The Morgan fingerprint density at radius 1 is 1.00 bits per heavy atom. The molecule has 1 saturated heterocycles. The van der Waals surface area contributed by atoms with Crippen LogP contribution in [0.5, 0.6) is 11.5 Å². The largest absolute Gasteiger partial charge is 0.465 e. The SMILES string of the molecule is COC(=O)c1ccc2[nH]c(C)c(CN3CCN(Cc4ccc5c(c4)OCO5)CC3)c(=O)c2c1. The first-order valence-electron chi connectivity index (χ1n) is 11.1. The van der Waals surface area contributed by atoms with E-state index in [-0.39, 0.29) is 12.2 Å². The second kappa shape index (κ2) is 8.88. The molecule has 1 fully saturated rings. The van der Waals surface area contributed by atoms with Crippen molar-refractivity contribution in [1.82, 2.24) is 14.8 Å². The molecule has 0 bridgehead atoms. The molecule has 5 rings (SSSR count). The van der Waals surface area contributed by atoms with Crippen molar-refractivity contribution in [3.8, 4) is 11.5 Å². The molecule has 33 heavy (non-hydrogen) atoms. The molecule has 2 aliphatic rings. The van der Waals surface area contributed by atoms with E-state index < -0.39 is 5.97 Å². The minimum Gasteiger partial charge on any atom is -0.465 e. The molecule has 0 radical (unpaired) electrons. The van der Waals surface area contributed by atoms with Crippen LogP contribution in [-0.2, 0) is 17.8 Å². The molecule has 3 aromatic rings. The summed E-state index contributed by atoms with van der Waals surface area (Å²) in [7, 11) is 1.34. The standard InChI is InChI=1S/C25H27N3O5/c1-16-20(24(29)19-12-18(25(30)31-2)4-5-21(19)26-16)14-28-9-7-27(8-10-28)13-17-3-6-22-23(11-17)33-15-32-22/h3-6,11-12H,7-10,13-15H2,1-2H3,(H,26,29). The predicted octanol–water partition coefficient (Wildman–Crippen LogP) is 2.67. The third kappa shape index (κ3) is 4.31. The number of methoxy groups -OCH3 is 1. The number of carbonyl (C=O) groups is 1. The summed E-state index contributed by atoms with van der Waals surface area (Å²) in [6.07, 6.45) is 0. The van der Waals surface area contributed by atoms with Crippen LogP contribution in [-0.4, -0.2) is 60.8 Å². The highest BCUT2D eigenvalue weighted by molar-refractivity contribution is 5.94. The first kappa shape index (κ1) is 21.5. The maximum absolute atomic E-state index is 13.3. The van der Waals surface area contributed by atoms with E-state index in [1.54, 1.807) is 18.2 Å². The van der Waals surface area contributed by atoms with Crippen LogP contribution < -0.4 is 14.9 Å². The molecule has 0 spiro atoms. The number of ether oxygens (including phenoxy) is 3. The fourth-order valence-corrected chi connectivity index (χ4v) is 4.51. The number of nitrogens with one attached hydrogen (secondary N) is 1. The Bertz CT molecular complexity index is 1260. The molecule has 0 saturated carbocycles. The van der Waals surface area contributed by atoms with Gasteiger partial charge in [-0.25, -0.2) is 4.79 Å². The number of fused-ring (bicyclic) bond motifs is 2. The molecule has 1 N–H and O–H groups in total. The molecule has 2 aromatic carbocycles. The van der Waals surface area contributed by atoms with Crippen molar-refractivity contribution in [3.63, 3.8) is 0 Å². The summed E-state index contributed by atoms with van der Waals surface area (Å²) in [5.41, 5.74) is 3.88. The number of aromatic nitrogens is 1. The van der Waals surface area contributed by atoms with E-state index in [9.17, 15) is 9.59 Å². The Morgan fingerprint density at radius 3 is 2.48 bits per heavy atom. The molecule has 172 valence electrons. The quantitative estimate of drug-likeness (QED) is 0.600. The fraction of sp³-hybridized carbons (Fsp3) is 0.360. The molecule has 0 unspecified atom stereocenters. The van der Waals surface area contributed by atoms with Crippen molar-refractivity contribution >= 4 is 16.9 Å². The Kier molecular flexibility index (Phi) is 5.78. The highest BCUT2D eigenvalue weighted by Gasteiger charge is 2.21. The van der Waals surface area contributed by atoms with E-state index >= 15 is 0 Å². The number of rotatable bonds is 5. The Balaban J connectivity index is 1.26. The van der Waals surface area contributed by atoms with Gasteiger partial charge in [-0.2, -0.15) is 0 Å². The molecule has 3 heterocycles. The zero-order valence-corrected chi connectivity index (χ0v) is 18.8. The van der Waals surface area contributed by atoms with Gasteiger partial charge in [-0.3, -0.25) is 14.6 Å². The summed E-state index contributed by atoms with van der Waals surface area (Å²) in [5, 5.41) is 0.514. The predicted molar refractivity (Wildman–Crippen MR) is 124 cm³/mol. The minimum absolute atomic E-state index is 0.0326. The average molecular weight is 450 g/mol. The molecule has 0 atom stereocenters. The monoisotopic (exact) mass is 449 g/mol. The zero-order valence-electron chi connectivity index (χ0n) is 18.8. The van der Waals surface area contributed by atoms with Gasteiger partial charge >= 0.3 is 5.97 Å². The number of hydrogen-bond donors (Lipinski definition) is 1. The molecular weight excluding hydrogens is 422 g/mol. The van der Waals surface area contributed by atoms with Crippen LogP contribution in [0.15, 0.2) is 41.2 Å². The molecule has 1 aromatic heterocycles. The topological polar surface area (TPSA) is 84.1 Å². The fourth-order valence-electron chi connectivity index (χ4n) is 4.51. The van der Waals surface area contributed by atoms with Crippen molar-refractivity contribution in [2.75, 3.05) is 40.1 Å². The summed E-state index contributed by atoms with van der Waals surface area (Å²) >= 11 is 0. The highest BCUT2D eigenvalue weighted by atomic mass is 16.7. The number of hydrogen-bond acceptors (Lipinski definition) is 7. The Morgan fingerprint density at radius 2 is 1.73 bits per heavy atom. The van der Waals surface area contributed by atoms with Gasteiger partial charge in [0.15, 0.2) is 16.9 Å². The van der Waals surface area contributed by atoms with Crippen LogP contribution >= 0.6 is 0 Å². The number of aryl methyl sites for hydroxylation is 1. The van der Waals surface area contributed by atoms with Crippen LogP contribution in [0, 0.1) is 6.92 Å². The van der Waals surface area contributed by atoms with E-state index in [2.05, 4.69) is 26.9 Å². The van der Waals surface area contributed by atoms with Crippen LogP contribution in [0.25, 0.3) is 10.9 Å². The van der Waals surface area contributed by atoms with Crippen molar-refractivity contribution in [2.24, 2.45) is 0 Å². The van der Waals surface area contributed by atoms with Gasteiger partial charge in [0.1, 0.15) is 0 Å². The third-order valence-corrected chi connectivity index (χ3v) is 6.42. The first-order valence-corrected chi connectivity index (χ1v) is 11.1. The molecule has 0 aliphatic carbocycles. The Hall–Kier alpha value is -3.36. The lowest BCUT2D eigenvalue weighted by Crippen LogP contribution is -2.46. The minimum atomic E-state index is -0.447. The van der Waals surface area contributed by atoms with E-state index in [1.165, 1.54) is 12.7 Å². The Labute approximate surface area is 191 Å². The van der Waals surface area contributed by atoms with E-state index in [0.717, 1.165) is 61.0 Å². The lowest BCUT2D eigenvalue weighted by Gasteiger charge is -2.34. The van der Waals surface area contributed by atoms with E-state index in [1.807, 2.05) is 13.0 Å². The van der Waals surface area contributed by atoms with Crippen molar-refractivity contribution in [2.45, 2.75) is 20.0 Å². The van der Waals surface area contributed by atoms with Crippen LogP contribution in [0.3, 0.4) is 0 Å². The molecule has 0 amide bonds. The van der Waals surface area contributed by atoms with Gasteiger partial charge in [-0.15, -0.1) is 0 Å². The van der Waals surface area contributed by atoms with E-state index in [0.29, 0.717) is 17.5 Å². The summed E-state index contributed by atoms with van der Waals surface area (Å²) in [4.78, 5) is 33.2. The highest BCUT2D eigenvalue weighted by Crippen LogP contribution is 2.32. The van der Waals surface area contributed by atoms with Gasteiger partial charge in [0.2, 0.25) is 6.79 Å². The third-order valence-electron chi connectivity index (χ3n) is 6.42. The number of benzene rings is 2. The maximum atomic E-state index is 13.3. The lowest BCUT2D eigenvalue weighted by atomic mass is 10.1. The van der Waals surface area contributed by atoms with Crippen molar-refractivity contribution in [3.05, 3.63) is 69.0 Å². The normalized spacial score (nSPS) is 16.3. The number of aromatic amines is 1. The molecular formula is C25H27N3O5. The number of piperazine rings is 1. The number of nitrogens with zero attached hydrogens (tertiary/aromatic N) is 2. The maximum Gasteiger partial charge on any atom is 0.337 e. The molecule has 8 heteroatoms. The molecule has 2 aliphatic heterocycles. The first-order chi connectivity index (χ1) is 16.0. The van der Waals surface area contributed by atoms with Gasteiger partial charge < -0.3 is 19.2 Å². The second-order valence-corrected chi connectivity index (χ2v) is 8.55. The van der Waals surface area contributed by atoms with Crippen LogP contribution in [0.2, 0.25) is 0 Å². The summed E-state index contributed by atoms with van der Waals surface area (Å²) in [5.74, 6) is 1.17. The van der Waals surface area contributed by atoms with Crippen molar-refractivity contribution in [1.29, 1.82) is 0 Å². The van der Waals surface area contributed by atoms with Crippen LogP contribution in [0.1, 0.15) is 27.2 Å².